The predicted molar refractivity (Wildman–Crippen MR) is 213 cm³/mol. The van der Waals surface area contributed by atoms with E-state index in [9.17, 15) is 53.6 Å². The predicted octanol–water partition coefficient (Wildman–Crippen LogP) is 0.149. The van der Waals surface area contributed by atoms with E-state index in [0.717, 1.165) is 17.0 Å². The minimum Gasteiger partial charge on any atom is -0.497 e. The fourth-order valence-electron chi connectivity index (χ4n) is 7.09. The number of aliphatic hydroxyl groups excluding tert-OH is 4. The molecule has 0 bridgehead atoms. The van der Waals surface area contributed by atoms with Crippen LogP contribution in [0, 0.1) is 0 Å². The van der Waals surface area contributed by atoms with Crippen LogP contribution in [0.1, 0.15) is 25.1 Å². The number of ether oxygens (including phenoxy) is 3. The number of hydrogen-bond donors (Lipinski definition) is 9. The summed E-state index contributed by atoms with van der Waals surface area (Å²) >= 11 is 0. The number of aromatic nitrogens is 4. The van der Waals surface area contributed by atoms with Crippen molar-refractivity contribution in [1.29, 1.82) is 0 Å². The molecule has 62 heavy (non-hydrogen) atoms. The molecule has 2 aromatic heterocycles. The summed E-state index contributed by atoms with van der Waals surface area (Å²) in [5, 5.41) is 51.5. The monoisotopic (exact) mass is 932 g/mol. The van der Waals surface area contributed by atoms with Crippen molar-refractivity contribution in [1.82, 2.24) is 14.5 Å². The second kappa shape index (κ2) is 18.3. The van der Waals surface area contributed by atoms with Crippen LogP contribution in [0.15, 0.2) is 70.8 Å². The molecule has 6 unspecified atom stereocenters. The van der Waals surface area contributed by atoms with Crippen LogP contribution >= 0.6 is 23.5 Å². The summed E-state index contributed by atoms with van der Waals surface area (Å²) in [6.45, 7) is -0.310. The normalized spacial score (nSPS) is 29.3. The van der Waals surface area contributed by atoms with E-state index in [1.54, 1.807) is 7.11 Å². The number of imidazole rings is 1. The molecule has 25 nitrogen and oxygen atoms in total. The van der Waals surface area contributed by atoms with Gasteiger partial charge in [0.05, 0.1) is 50.9 Å². The summed E-state index contributed by atoms with van der Waals surface area (Å²) in [7, 11) is -14.0. The van der Waals surface area contributed by atoms with Crippen LogP contribution < -0.4 is 25.2 Å². The molecule has 2 fully saturated rings. The van der Waals surface area contributed by atoms with Crippen molar-refractivity contribution in [3.63, 3.8) is 0 Å². The van der Waals surface area contributed by atoms with Crippen LogP contribution in [0.4, 0.5) is 11.6 Å². The Morgan fingerprint density at radius 1 is 0.871 bits per heavy atom. The Labute approximate surface area is 351 Å². The number of phosphoric ester groups is 2. The SMILES string of the molecule is COc1ccc(C2=NN(c3ccccc3)C(CNc3nc4c(c(=O)[nH]3)n(C)c[n+]4[C@@H]3O[C@H](COP(=O)(O)OP(=O)(O)OP(=O)(O)OC[C@H]4O[C@@H](C)[C@@H](O)C4O)[C@H](O)C3O)C2)cc1. The number of rotatable bonds is 17. The topological polar surface area (TPSA) is 340 Å². The molecular formula is C34H45N7O18P3+. The van der Waals surface area contributed by atoms with E-state index in [-0.39, 0.29) is 29.7 Å². The van der Waals surface area contributed by atoms with Crippen molar-refractivity contribution < 1.29 is 85.2 Å². The standard InChI is InChI=1S/C34H44N7O18P3/c1-18-27(42)28(43)24(56-18)15-54-60(47,48)58-62(51,52)59-61(49,50)55-16-25-29(44)30(45)33(57-25)40-17-39(2)26-31(40)36-34(37-32(26)46)35-14-21-13-23(19-9-11-22(53-3)12-10-19)38-41(21)20-7-5-4-6-8-20/h4-12,17-18,21,24-25,27-30,33,42-45H,13-16H2,1-3H3,(H4-,35,36,37,46,47,48,49,50,51,52)/p+1/t18-,21?,24+,25+,27+,28?,29-,30?,33+/m0/s1. The lowest BCUT2D eigenvalue weighted by atomic mass is 10.0. The number of hydrazone groups is 1. The molecule has 28 heteroatoms. The Bertz CT molecular complexity index is 2480. The van der Waals surface area contributed by atoms with Gasteiger partial charge in [-0.15, -0.1) is 0 Å². The maximum absolute atomic E-state index is 13.4. The van der Waals surface area contributed by atoms with Gasteiger partial charge in [0.15, 0.2) is 6.33 Å². The number of aromatic amines is 1. The van der Waals surface area contributed by atoms with Crippen molar-refractivity contribution >= 4 is 52.0 Å². The molecule has 5 heterocycles. The molecular weight excluding hydrogens is 887 g/mol. The highest BCUT2D eigenvalue weighted by atomic mass is 31.3. The van der Waals surface area contributed by atoms with Gasteiger partial charge in [-0.2, -0.15) is 13.7 Å². The Kier molecular flexibility index (Phi) is 13.6. The summed E-state index contributed by atoms with van der Waals surface area (Å²) in [5.74, 6) is 0.746. The van der Waals surface area contributed by atoms with Crippen LogP contribution in [0.25, 0.3) is 11.2 Å². The lowest BCUT2D eigenvalue weighted by Crippen LogP contribution is -2.46. The summed E-state index contributed by atoms with van der Waals surface area (Å²) < 4.78 is 73.6. The number of anilines is 2. The number of aryl methyl sites for hydroxylation is 1. The third-order valence-electron chi connectivity index (χ3n) is 10.2. The first-order valence-corrected chi connectivity index (χ1v) is 23.3. The third kappa shape index (κ3) is 10.2. The summed E-state index contributed by atoms with van der Waals surface area (Å²) in [4.78, 5) is 50.7. The molecule has 7 rings (SSSR count). The number of para-hydroxylation sites is 1. The highest BCUT2D eigenvalue weighted by Crippen LogP contribution is 2.67. The summed E-state index contributed by atoms with van der Waals surface area (Å²) in [5.41, 5.74) is 2.03. The van der Waals surface area contributed by atoms with Crippen LogP contribution in [0.3, 0.4) is 0 Å². The number of methoxy groups -OCH3 is 1. The first-order valence-electron chi connectivity index (χ1n) is 18.8. The number of nitrogens with zero attached hydrogens (tertiary/aromatic N) is 5. The van der Waals surface area contributed by atoms with Crippen LogP contribution in [0.2, 0.25) is 0 Å². The molecule has 0 saturated carbocycles. The van der Waals surface area contributed by atoms with E-state index in [4.69, 9.17) is 23.8 Å². The number of benzene rings is 2. The maximum atomic E-state index is 13.4. The molecule has 0 radical (unpaired) electrons. The van der Waals surface area contributed by atoms with Crippen LogP contribution in [-0.2, 0) is 47.9 Å². The van der Waals surface area contributed by atoms with Crippen molar-refractivity contribution in [3.8, 4) is 5.75 Å². The van der Waals surface area contributed by atoms with E-state index in [1.807, 2.05) is 59.6 Å². The maximum Gasteiger partial charge on any atom is 0.490 e. The van der Waals surface area contributed by atoms with Crippen LogP contribution in [0.5, 0.6) is 5.75 Å². The second-order valence-corrected chi connectivity index (χ2v) is 19.1. The molecule has 0 amide bonds. The van der Waals surface area contributed by atoms with E-state index < -0.39 is 91.2 Å². The molecule has 0 aliphatic carbocycles. The minimum atomic E-state index is -5.92. The second-order valence-electron chi connectivity index (χ2n) is 14.5. The fourth-order valence-corrected chi connectivity index (χ4v) is 10.6. The number of fused-ring (bicyclic) bond motifs is 1. The van der Waals surface area contributed by atoms with E-state index in [2.05, 4.69) is 28.4 Å². The molecule has 9 N–H and O–H groups in total. The van der Waals surface area contributed by atoms with Gasteiger partial charge in [-0.3, -0.25) is 28.4 Å². The van der Waals surface area contributed by atoms with Crippen molar-refractivity contribution in [3.05, 3.63) is 76.8 Å². The molecule has 338 valence electrons. The van der Waals surface area contributed by atoms with E-state index in [1.165, 1.54) is 29.4 Å². The van der Waals surface area contributed by atoms with Crippen molar-refractivity contribution in [2.75, 3.05) is 37.2 Å². The largest absolute Gasteiger partial charge is 0.497 e. The average Bonchev–Trinajstić information content (AvgIpc) is 3.94. The van der Waals surface area contributed by atoms with Crippen molar-refractivity contribution in [2.24, 2.45) is 12.1 Å². The molecule has 2 aromatic carbocycles. The first-order chi connectivity index (χ1) is 29.2. The van der Waals surface area contributed by atoms with Gasteiger partial charge >= 0.3 is 29.1 Å². The smallest absolute Gasteiger partial charge is 0.490 e. The van der Waals surface area contributed by atoms with Gasteiger partial charge < -0.3 is 54.6 Å². The zero-order valence-electron chi connectivity index (χ0n) is 33.0. The number of hydrogen-bond acceptors (Lipinski definition) is 19. The summed E-state index contributed by atoms with van der Waals surface area (Å²) in [6, 6.07) is 16.8. The van der Waals surface area contributed by atoms with E-state index >= 15 is 0 Å². The highest BCUT2D eigenvalue weighted by molar-refractivity contribution is 7.66. The zero-order valence-corrected chi connectivity index (χ0v) is 35.7. The lowest BCUT2D eigenvalue weighted by molar-refractivity contribution is -0.745. The molecule has 0 spiro atoms. The fraction of sp³-hybridized carbons (Fsp3) is 0.471. The lowest BCUT2D eigenvalue weighted by Gasteiger charge is -2.23. The minimum absolute atomic E-state index is 0.00274. The Balaban J connectivity index is 1.00. The van der Waals surface area contributed by atoms with Gasteiger partial charge in [0.25, 0.3) is 11.5 Å². The Hall–Kier alpha value is -3.97. The number of phosphoric acid groups is 3. The molecule has 12 atom stereocenters. The summed E-state index contributed by atoms with van der Waals surface area (Å²) in [6.07, 6.45) is -9.86. The van der Waals surface area contributed by atoms with Gasteiger partial charge in [0, 0.05) is 13.0 Å². The van der Waals surface area contributed by atoms with Gasteiger partial charge in [-0.25, -0.2) is 18.3 Å². The van der Waals surface area contributed by atoms with Gasteiger partial charge in [0.2, 0.25) is 11.7 Å². The molecule has 4 aromatic rings. The highest BCUT2D eigenvalue weighted by Gasteiger charge is 2.50. The van der Waals surface area contributed by atoms with Gasteiger partial charge in [-0.05, 0) is 48.9 Å². The average molecular weight is 933 g/mol. The third-order valence-corrected chi connectivity index (χ3v) is 14.4. The van der Waals surface area contributed by atoms with Crippen molar-refractivity contribution in [2.45, 2.75) is 68.3 Å². The number of nitrogens with one attached hydrogen (secondary N) is 2. The Morgan fingerprint density at radius 2 is 1.48 bits per heavy atom. The molecule has 3 aliphatic rings. The molecule has 2 saturated heterocycles. The molecule has 3 aliphatic heterocycles. The number of aliphatic hydroxyl groups is 4. The van der Waals surface area contributed by atoms with Gasteiger partial charge in [-0.1, -0.05) is 23.2 Å². The zero-order chi connectivity index (χ0) is 44.7. The quantitative estimate of drug-likeness (QED) is 0.0502. The van der Waals surface area contributed by atoms with Crippen LogP contribution in [-0.4, -0.2) is 131 Å². The van der Waals surface area contributed by atoms with Gasteiger partial charge in [0.1, 0.15) is 42.4 Å². The van der Waals surface area contributed by atoms with E-state index in [0.29, 0.717) is 12.2 Å². The Morgan fingerprint density at radius 3 is 2.08 bits per heavy atom. The number of H-pyrrole nitrogens is 1. The first kappa shape index (κ1) is 46.0.